The highest BCUT2D eigenvalue weighted by Crippen LogP contribution is 2.17. The number of imidazole rings is 1. The zero-order chi connectivity index (χ0) is 10.3. The van der Waals surface area contributed by atoms with Crippen molar-refractivity contribution in [3.63, 3.8) is 0 Å². The van der Waals surface area contributed by atoms with Gasteiger partial charge < -0.3 is 10.1 Å². The number of nitrogens with two attached hydrogens (primary N) is 1. The van der Waals surface area contributed by atoms with Crippen molar-refractivity contribution in [1.82, 2.24) is 9.38 Å². The van der Waals surface area contributed by atoms with Gasteiger partial charge in [0.05, 0.1) is 11.8 Å². The SMILES string of the molecule is Cc1cc2nc(N)cn2c(C)c1C#N. The predicted molar refractivity (Wildman–Crippen MR) is 53.8 cm³/mol. The number of rotatable bonds is 0. The molecule has 0 aromatic carbocycles. The van der Waals surface area contributed by atoms with Crippen LogP contribution in [0.15, 0.2) is 12.3 Å². The number of hydrogen-bond acceptors (Lipinski definition) is 3. The van der Waals surface area contributed by atoms with E-state index in [4.69, 9.17) is 11.0 Å². The smallest absolute Gasteiger partial charge is 0.142 e. The third-order valence-corrected chi connectivity index (χ3v) is 2.33. The molecule has 2 heterocycles. The Labute approximate surface area is 81.6 Å². The summed E-state index contributed by atoms with van der Waals surface area (Å²) in [5.74, 6) is 0.475. The fraction of sp³-hybridized carbons (Fsp3) is 0.200. The first kappa shape index (κ1) is 8.57. The Morgan fingerprint density at radius 2 is 2.21 bits per heavy atom. The molecule has 0 spiro atoms. The molecule has 70 valence electrons. The summed E-state index contributed by atoms with van der Waals surface area (Å²) in [5, 5.41) is 8.95. The molecule has 2 rings (SSSR count). The van der Waals surface area contributed by atoms with Crippen LogP contribution in [0, 0.1) is 25.2 Å². The maximum Gasteiger partial charge on any atom is 0.142 e. The molecule has 2 N–H and O–H groups in total. The Morgan fingerprint density at radius 3 is 2.86 bits per heavy atom. The molecule has 0 unspecified atom stereocenters. The number of nitrogen functional groups attached to an aromatic ring is 1. The molecule has 0 saturated heterocycles. The van der Waals surface area contributed by atoms with Gasteiger partial charge in [0.2, 0.25) is 0 Å². The van der Waals surface area contributed by atoms with Crippen LogP contribution in [0.2, 0.25) is 0 Å². The monoisotopic (exact) mass is 186 g/mol. The van der Waals surface area contributed by atoms with Crippen molar-refractivity contribution in [2.45, 2.75) is 13.8 Å². The van der Waals surface area contributed by atoms with E-state index >= 15 is 0 Å². The summed E-state index contributed by atoms with van der Waals surface area (Å²) in [6.07, 6.45) is 1.73. The van der Waals surface area contributed by atoms with Gasteiger partial charge >= 0.3 is 0 Å². The number of aromatic nitrogens is 2. The van der Waals surface area contributed by atoms with Gasteiger partial charge in [0.25, 0.3) is 0 Å². The second-order valence-corrected chi connectivity index (χ2v) is 3.29. The lowest BCUT2D eigenvalue weighted by Gasteiger charge is -2.04. The molecule has 0 bridgehead atoms. The molecule has 0 radical (unpaired) electrons. The highest BCUT2D eigenvalue weighted by atomic mass is 15.0. The van der Waals surface area contributed by atoms with Crippen LogP contribution in [-0.2, 0) is 0 Å². The van der Waals surface area contributed by atoms with Gasteiger partial charge in [-0.05, 0) is 25.5 Å². The predicted octanol–water partition coefficient (Wildman–Crippen LogP) is 1.41. The first-order valence-corrected chi connectivity index (χ1v) is 4.28. The largest absolute Gasteiger partial charge is 0.382 e. The molecule has 0 aliphatic rings. The highest BCUT2D eigenvalue weighted by Gasteiger charge is 2.08. The van der Waals surface area contributed by atoms with E-state index in [1.165, 1.54) is 0 Å². The summed E-state index contributed by atoms with van der Waals surface area (Å²) >= 11 is 0. The summed E-state index contributed by atoms with van der Waals surface area (Å²) in [6, 6.07) is 4.04. The fourth-order valence-corrected chi connectivity index (χ4v) is 1.62. The van der Waals surface area contributed by atoms with Crippen LogP contribution >= 0.6 is 0 Å². The van der Waals surface area contributed by atoms with E-state index in [1.807, 2.05) is 24.3 Å². The minimum absolute atomic E-state index is 0.475. The summed E-state index contributed by atoms with van der Waals surface area (Å²) in [6.45, 7) is 3.79. The summed E-state index contributed by atoms with van der Waals surface area (Å²) in [5.41, 5.74) is 8.88. The second kappa shape index (κ2) is 2.74. The standard InChI is InChI=1S/C10H10N4/c1-6-3-10-13-9(12)5-14(10)7(2)8(6)4-11/h3,5H,12H2,1-2H3. The van der Waals surface area contributed by atoms with E-state index in [-0.39, 0.29) is 0 Å². The molecule has 2 aromatic heterocycles. The van der Waals surface area contributed by atoms with Crippen molar-refractivity contribution in [1.29, 1.82) is 5.26 Å². The first-order chi connectivity index (χ1) is 6.63. The van der Waals surface area contributed by atoms with Crippen LogP contribution in [0.4, 0.5) is 5.82 Å². The lowest BCUT2D eigenvalue weighted by molar-refractivity contribution is 1.07. The number of aryl methyl sites for hydroxylation is 2. The Balaban J connectivity index is 2.93. The van der Waals surface area contributed by atoms with Gasteiger partial charge in [-0.2, -0.15) is 5.26 Å². The number of hydrogen-bond donors (Lipinski definition) is 1. The lowest BCUT2D eigenvalue weighted by atomic mass is 10.1. The van der Waals surface area contributed by atoms with Gasteiger partial charge in [0.15, 0.2) is 0 Å². The average Bonchev–Trinajstić information content (AvgIpc) is 2.47. The van der Waals surface area contributed by atoms with Gasteiger partial charge in [-0.3, -0.25) is 0 Å². The normalized spacial score (nSPS) is 10.4. The zero-order valence-corrected chi connectivity index (χ0v) is 8.07. The van der Waals surface area contributed by atoms with Crippen LogP contribution in [-0.4, -0.2) is 9.38 Å². The Hall–Kier alpha value is -2.02. The van der Waals surface area contributed by atoms with Crippen molar-refractivity contribution >= 4 is 11.5 Å². The zero-order valence-electron chi connectivity index (χ0n) is 8.07. The minimum Gasteiger partial charge on any atom is -0.382 e. The summed E-state index contributed by atoms with van der Waals surface area (Å²) in [7, 11) is 0. The Morgan fingerprint density at radius 1 is 1.50 bits per heavy atom. The number of nitrogens with zero attached hydrogens (tertiary/aromatic N) is 3. The molecule has 0 aliphatic carbocycles. The minimum atomic E-state index is 0.475. The molecule has 0 atom stereocenters. The number of anilines is 1. The quantitative estimate of drug-likeness (QED) is 0.676. The van der Waals surface area contributed by atoms with Crippen molar-refractivity contribution in [3.05, 3.63) is 29.1 Å². The molecule has 0 saturated carbocycles. The number of fused-ring (bicyclic) bond motifs is 1. The molecule has 2 aromatic rings. The van der Waals surface area contributed by atoms with Gasteiger partial charge in [-0.1, -0.05) is 0 Å². The average molecular weight is 186 g/mol. The molecule has 0 amide bonds. The molecule has 0 aliphatic heterocycles. The van der Waals surface area contributed by atoms with Crippen LogP contribution in [0.1, 0.15) is 16.8 Å². The Kier molecular flexibility index (Phi) is 1.68. The van der Waals surface area contributed by atoms with Gasteiger partial charge in [-0.15, -0.1) is 0 Å². The molecule has 4 nitrogen and oxygen atoms in total. The summed E-state index contributed by atoms with van der Waals surface area (Å²) in [4.78, 5) is 4.14. The van der Waals surface area contributed by atoms with Crippen molar-refractivity contribution in [2.75, 3.05) is 5.73 Å². The Bertz CT molecular complexity index is 545. The lowest BCUT2D eigenvalue weighted by Crippen LogP contribution is -1.97. The first-order valence-electron chi connectivity index (χ1n) is 4.28. The molecule has 0 fully saturated rings. The maximum absolute atomic E-state index is 8.95. The maximum atomic E-state index is 8.95. The van der Waals surface area contributed by atoms with E-state index < -0.39 is 0 Å². The van der Waals surface area contributed by atoms with E-state index in [1.54, 1.807) is 6.20 Å². The fourth-order valence-electron chi connectivity index (χ4n) is 1.62. The van der Waals surface area contributed by atoms with E-state index in [0.29, 0.717) is 11.4 Å². The number of nitriles is 1. The third kappa shape index (κ3) is 1.03. The third-order valence-electron chi connectivity index (χ3n) is 2.33. The van der Waals surface area contributed by atoms with Crippen LogP contribution in [0.5, 0.6) is 0 Å². The molecular weight excluding hydrogens is 176 g/mol. The van der Waals surface area contributed by atoms with Gasteiger partial charge in [0, 0.05) is 5.69 Å². The van der Waals surface area contributed by atoms with Crippen LogP contribution < -0.4 is 5.73 Å². The van der Waals surface area contributed by atoms with E-state index in [0.717, 1.165) is 16.9 Å². The second-order valence-electron chi connectivity index (χ2n) is 3.29. The van der Waals surface area contributed by atoms with E-state index in [2.05, 4.69) is 11.1 Å². The van der Waals surface area contributed by atoms with Crippen LogP contribution in [0.3, 0.4) is 0 Å². The van der Waals surface area contributed by atoms with Crippen LogP contribution in [0.25, 0.3) is 5.65 Å². The van der Waals surface area contributed by atoms with Crippen molar-refractivity contribution < 1.29 is 0 Å². The van der Waals surface area contributed by atoms with Gasteiger partial charge in [0.1, 0.15) is 17.5 Å². The molecule has 4 heteroatoms. The summed E-state index contributed by atoms with van der Waals surface area (Å²) < 4.78 is 1.83. The number of pyridine rings is 1. The van der Waals surface area contributed by atoms with Crippen molar-refractivity contribution in [2.24, 2.45) is 0 Å². The van der Waals surface area contributed by atoms with Crippen molar-refractivity contribution in [3.8, 4) is 6.07 Å². The topological polar surface area (TPSA) is 67.1 Å². The van der Waals surface area contributed by atoms with Gasteiger partial charge in [-0.25, -0.2) is 4.98 Å². The molecular formula is C10H10N4. The highest BCUT2D eigenvalue weighted by molar-refractivity contribution is 5.55. The van der Waals surface area contributed by atoms with E-state index in [9.17, 15) is 0 Å². The molecule has 14 heavy (non-hydrogen) atoms.